The second-order valence-corrected chi connectivity index (χ2v) is 8.24. The van der Waals surface area contributed by atoms with Crippen LogP contribution in [0.1, 0.15) is 30.3 Å². The van der Waals surface area contributed by atoms with Gasteiger partial charge in [0.15, 0.2) is 0 Å². The molecule has 26 heavy (non-hydrogen) atoms. The average molecular weight is 377 g/mol. The summed E-state index contributed by atoms with van der Waals surface area (Å²) in [5.41, 5.74) is 2.64. The lowest BCUT2D eigenvalue weighted by atomic mass is 10.2. The van der Waals surface area contributed by atoms with E-state index in [1.54, 1.807) is 31.2 Å². The Kier molecular flexibility index (Phi) is 5.43. The minimum Gasteiger partial charge on any atom is -0.466 e. The van der Waals surface area contributed by atoms with Gasteiger partial charge in [0.2, 0.25) is 10.0 Å². The highest BCUT2D eigenvalue weighted by molar-refractivity contribution is 7.89. The van der Waals surface area contributed by atoms with Crippen LogP contribution in [0.25, 0.3) is 0 Å². The molecule has 0 bridgehead atoms. The Balaban J connectivity index is 1.71. The average Bonchev–Trinajstić information content (AvgIpc) is 3.02. The van der Waals surface area contributed by atoms with Gasteiger partial charge in [-0.1, -0.05) is 17.7 Å². The maximum absolute atomic E-state index is 12.8. The summed E-state index contributed by atoms with van der Waals surface area (Å²) >= 11 is 0. The third-order valence-electron chi connectivity index (χ3n) is 4.36. The summed E-state index contributed by atoms with van der Waals surface area (Å²) in [5.74, 6) is -0.248. The van der Waals surface area contributed by atoms with Gasteiger partial charge in [-0.25, -0.2) is 8.42 Å². The fourth-order valence-electron chi connectivity index (χ4n) is 2.95. The SMILES string of the molecule is CCOC(=O)CCc1cc2n(n1)CCN(S(=O)(=O)c1ccc(C)cc1)C2. The zero-order valence-electron chi connectivity index (χ0n) is 15.0. The van der Waals surface area contributed by atoms with Crippen LogP contribution in [0.2, 0.25) is 0 Å². The molecule has 1 aromatic heterocycles. The van der Waals surface area contributed by atoms with E-state index in [2.05, 4.69) is 5.10 Å². The van der Waals surface area contributed by atoms with Crippen LogP contribution in [-0.2, 0) is 39.1 Å². The van der Waals surface area contributed by atoms with Crippen LogP contribution in [0.3, 0.4) is 0 Å². The van der Waals surface area contributed by atoms with Crippen LogP contribution < -0.4 is 0 Å². The molecule has 1 aromatic carbocycles. The van der Waals surface area contributed by atoms with E-state index in [4.69, 9.17) is 4.74 Å². The van der Waals surface area contributed by atoms with Crippen molar-refractivity contribution < 1.29 is 17.9 Å². The lowest BCUT2D eigenvalue weighted by Crippen LogP contribution is -2.38. The molecule has 0 spiro atoms. The molecule has 0 radical (unpaired) electrons. The first-order valence-corrected chi connectivity index (χ1v) is 10.1. The summed E-state index contributed by atoms with van der Waals surface area (Å²) in [6, 6.07) is 8.75. The van der Waals surface area contributed by atoms with Gasteiger partial charge >= 0.3 is 5.97 Å². The van der Waals surface area contributed by atoms with E-state index in [1.165, 1.54) is 4.31 Å². The van der Waals surface area contributed by atoms with Crippen molar-refractivity contribution in [3.8, 4) is 0 Å². The first kappa shape index (κ1) is 18.6. The van der Waals surface area contributed by atoms with Gasteiger partial charge in [-0.05, 0) is 32.0 Å². The molecule has 1 aliphatic heterocycles. The van der Waals surface area contributed by atoms with Crippen LogP contribution in [0.4, 0.5) is 0 Å². The number of sulfonamides is 1. The number of carbonyl (C=O) groups is 1. The molecule has 0 saturated heterocycles. The number of hydrogen-bond donors (Lipinski definition) is 0. The van der Waals surface area contributed by atoms with Crippen molar-refractivity contribution in [1.29, 1.82) is 0 Å². The number of benzene rings is 1. The van der Waals surface area contributed by atoms with Gasteiger partial charge in [-0.15, -0.1) is 0 Å². The van der Waals surface area contributed by atoms with Crippen LogP contribution in [0.15, 0.2) is 35.2 Å². The molecule has 2 heterocycles. The van der Waals surface area contributed by atoms with E-state index in [0.717, 1.165) is 17.0 Å². The van der Waals surface area contributed by atoms with E-state index >= 15 is 0 Å². The highest BCUT2D eigenvalue weighted by Gasteiger charge is 2.29. The summed E-state index contributed by atoms with van der Waals surface area (Å²) in [7, 11) is -3.53. The van der Waals surface area contributed by atoms with Gasteiger partial charge in [0.1, 0.15) is 0 Å². The van der Waals surface area contributed by atoms with Crippen molar-refractivity contribution in [3.05, 3.63) is 47.3 Å². The van der Waals surface area contributed by atoms with Crippen molar-refractivity contribution in [1.82, 2.24) is 14.1 Å². The molecule has 0 aliphatic carbocycles. The summed E-state index contributed by atoms with van der Waals surface area (Å²) in [5, 5.41) is 4.47. The van der Waals surface area contributed by atoms with Crippen LogP contribution in [0.5, 0.6) is 0 Å². The van der Waals surface area contributed by atoms with Gasteiger partial charge in [-0.3, -0.25) is 9.48 Å². The number of aromatic nitrogens is 2. The van der Waals surface area contributed by atoms with Gasteiger partial charge in [0.25, 0.3) is 0 Å². The first-order valence-electron chi connectivity index (χ1n) is 8.68. The number of esters is 1. The third-order valence-corrected chi connectivity index (χ3v) is 6.22. The largest absolute Gasteiger partial charge is 0.466 e. The minimum atomic E-state index is -3.53. The number of fused-ring (bicyclic) bond motifs is 1. The van der Waals surface area contributed by atoms with E-state index in [0.29, 0.717) is 31.0 Å². The Labute approximate surface area is 153 Å². The lowest BCUT2D eigenvalue weighted by molar-refractivity contribution is -0.143. The molecule has 0 fully saturated rings. The smallest absolute Gasteiger partial charge is 0.306 e. The van der Waals surface area contributed by atoms with E-state index in [1.807, 2.05) is 17.7 Å². The standard InChI is InChI=1S/C18H23N3O4S/c1-3-25-18(22)9-6-15-12-16-13-20(10-11-21(16)19-15)26(23,24)17-7-4-14(2)5-8-17/h4-5,7-8,12H,3,6,9-11,13H2,1-2H3. The number of rotatable bonds is 6. The number of carbonyl (C=O) groups excluding carboxylic acids is 1. The Morgan fingerprint density at radius 3 is 2.65 bits per heavy atom. The zero-order valence-corrected chi connectivity index (χ0v) is 15.8. The molecule has 0 unspecified atom stereocenters. The number of aryl methyl sites for hydroxylation is 2. The van der Waals surface area contributed by atoms with Gasteiger partial charge in [0, 0.05) is 13.0 Å². The first-order chi connectivity index (χ1) is 12.4. The zero-order chi connectivity index (χ0) is 18.7. The molecule has 1 aliphatic rings. The summed E-state index contributed by atoms with van der Waals surface area (Å²) in [6.07, 6.45) is 0.763. The predicted octanol–water partition coefficient (Wildman–Crippen LogP) is 1.89. The Morgan fingerprint density at radius 1 is 1.23 bits per heavy atom. The molecule has 2 aromatic rings. The molecule has 3 rings (SSSR count). The second kappa shape index (κ2) is 7.59. The minimum absolute atomic E-state index is 0.248. The fraction of sp³-hybridized carbons (Fsp3) is 0.444. The Morgan fingerprint density at radius 2 is 1.96 bits per heavy atom. The van der Waals surface area contributed by atoms with Gasteiger partial charge < -0.3 is 4.74 Å². The maximum atomic E-state index is 12.8. The van der Waals surface area contributed by atoms with E-state index < -0.39 is 10.0 Å². The molecule has 0 atom stereocenters. The highest BCUT2D eigenvalue weighted by atomic mass is 32.2. The summed E-state index contributed by atoms with van der Waals surface area (Å²) in [6.45, 7) is 5.22. The predicted molar refractivity (Wildman–Crippen MR) is 96.0 cm³/mol. The van der Waals surface area contributed by atoms with Crippen LogP contribution in [-0.4, -0.2) is 41.6 Å². The van der Waals surface area contributed by atoms with Crippen LogP contribution in [0, 0.1) is 6.92 Å². The molecule has 7 nitrogen and oxygen atoms in total. The summed E-state index contributed by atoms with van der Waals surface area (Å²) in [4.78, 5) is 11.8. The molecule has 140 valence electrons. The Hall–Kier alpha value is -2.19. The molecule has 0 amide bonds. The number of ether oxygens (including phenoxy) is 1. The molecule has 0 saturated carbocycles. The fourth-order valence-corrected chi connectivity index (χ4v) is 4.35. The monoisotopic (exact) mass is 377 g/mol. The third kappa shape index (κ3) is 3.96. The van der Waals surface area contributed by atoms with Crippen molar-refractivity contribution in [3.63, 3.8) is 0 Å². The highest BCUT2D eigenvalue weighted by Crippen LogP contribution is 2.22. The van der Waals surface area contributed by atoms with Gasteiger partial charge in [-0.2, -0.15) is 9.40 Å². The summed E-state index contributed by atoms with van der Waals surface area (Å²) < 4.78 is 33.9. The molecular formula is C18H23N3O4S. The van der Waals surface area contributed by atoms with E-state index in [9.17, 15) is 13.2 Å². The molecular weight excluding hydrogens is 354 g/mol. The lowest BCUT2D eigenvalue weighted by Gasteiger charge is -2.27. The molecule has 8 heteroatoms. The number of hydrogen-bond acceptors (Lipinski definition) is 5. The maximum Gasteiger partial charge on any atom is 0.306 e. The quantitative estimate of drug-likeness (QED) is 0.718. The van der Waals surface area contributed by atoms with Crippen molar-refractivity contribution in [2.75, 3.05) is 13.2 Å². The Bertz CT molecular complexity index is 888. The number of nitrogens with zero attached hydrogens (tertiary/aromatic N) is 3. The van der Waals surface area contributed by atoms with Crippen molar-refractivity contribution >= 4 is 16.0 Å². The normalized spacial score (nSPS) is 14.8. The van der Waals surface area contributed by atoms with Crippen molar-refractivity contribution in [2.45, 2.75) is 44.7 Å². The molecule has 0 N–H and O–H groups in total. The van der Waals surface area contributed by atoms with Crippen LogP contribution >= 0.6 is 0 Å². The topological polar surface area (TPSA) is 81.5 Å². The second-order valence-electron chi connectivity index (χ2n) is 6.31. The van der Waals surface area contributed by atoms with Gasteiger partial charge in [0.05, 0.1) is 42.4 Å². The van der Waals surface area contributed by atoms with E-state index in [-0.39, 0.29) is 18.9 Å². The van der Waals surface area contributed by atoms with Crippen molar-refractivity contribution in [2.24, 2.45) is 0 Å².